The van der Waals surface area contributed by atoms with Gasteiger partial charge in [0.2, 0.25) is 0 Å². The summed E-state index contributed by atoms with van der Waals surface area (Å²) in [6.07, 6.45) is 3.84. The molecule has 2 aliphatic rings. The molecule has 0 aromatic rings. The average molecular weight is 170 g/mol. The van der Waals surface area contributed by atoms with Crippen molar-refractivity contribution < 1.29 is 9.84 Å². The van der Waals surface area contributed by atoms with Crippen molar-refractivity contribution in [3.05, 3.63) is 0 Å². The van der Waals surface area contributed by atoms with Gasteiger partial charge < -0.3 is 9.84 Å². The Hall–Kier alpha value is -0.0800. The number of epoxide rings is 1. The van der Waals surface area contributed by atoms with Crippen LogP contribution in [0.1, 0.15) is 33.1 Å². The van der Waals surface area contributed by atoms with Gasteiger partial charge >= 0.3 is 0 Å². The molecule has 2 fully saturated rings. The van der Waals surface area contributed by atoms with Crippen molar-refractivity contribution in [2.45, 2.75) is 44.8 Å². The van der Waals surface area contributed by atoms with Gasteiger partial charge in [-0.2, -0.15) is 0 Å². The Bertz CT molecular complexity index is 179. The molecule has 1 unspecified atom stereocenters. The van der Waals surface area contributed by atoms with Crippen molar-refractivity contribution in [2.24, 2.45) is 11.8 Å². The first-order valence-electron chi connectivity index (χ1n) is 4.96. The molecule has 0 spiro atoms. The smallest absolute Gasteiger partial charge is 0.118 e. The van der Waals surface area contributed by atoms with Crippen molar-refractivity contribution in [3.63, 3.8) is 0 Å². The zero-order chi connectivity index (χ0) is 8.77. The fourth-order valence-corrected chi connectivity index (χ4v) is 2.38. The molecule has 1 saturated heterocycles. The molecule has 0 radical (unpaired) electrons. The second kappa shape index (κ2) is 2.71. The Morgan fingerprint density at radius 2 is 2.33 bits per heavy atom. The van der Waals surface area contributed by atoms with E-state index in [9.17, 15) is 0 Å². The lowest BCUT2D eigenvalue weighted by Gasteiger charge is -2.26. The van der Waals surface area contributed by atoms with Crippen LogP contribution in [0.15, 0.2) is 0 Å². The van der Waals surface area contributed by atoms with Gasteiger partial charge in [0.25, 0.3) is 0 Å². The van der Waals surface area contributed by atoms with Crippen LogP contribution in [0, 0.1) is 11.8 Å². The van der Waals surface area contributed by atoms with Crippen LogP contribution in [-0.2, 0) is 4.74 Å². The quantitative estimate of drug-likeness (QED) is 0.638. The summed E-state index contributed by atoms with van der Waals surface area (Å²) in [5.41, 5.74) is -0.0919. The monoisotopic (exact) mass is 170 g/mol. The van der Waals surface area contributed by atoms with Crippen molar-refractivity contribution in [2.75, 3.05) is 6.61 Å². The van der Waals surface area contributed by atoms with Crippen LogP contribution in [0.5, 0.6) is 0 Å². The lowest BCUT2D eigenvalue weighted by atomic mass is 9.77. The van der Waals surface area contributed by atoms with E-state index in [-0.39, 0.29) is 12.2 Å². The summed E-state index contributed by atoms with van der Waals surface area (Å²) >= 11 is 0. The van der Waals surface area contributed by atoms with Crippen molar-refractivity contribution in [3.8, 4) is 0 Å². The first kappa shape index (κ1) is 8.52. The molecule has 0 aromatic heterocycles. The number of rotatable bonds is 2. The Kier molecular flexibility index (Phi) is 1.92. The highest BCUT2D eigenvalue weighted by Crippen LogP contribution is 2.50. The summed E-state index contributed by atoms with van der Waals surface area (Å²) in [4.78, 5) is 0. The van der Waals surface area contributed by atoms with Crippen LogP contribution >= 0.6 is 0 Å². The summed E-state index contributed by atoms with van der Waals surface area (Å²) in [7, 11) is 0. The predicted octanol–water partition coefficient (Wildman–Crippen LogP) is 1.57. The number of fused-ring (bicyclic) bond motifs is 1. The van der Waals surface area contributed by atoms with E-state index < -0.39 is 0 Å². The summed E-state index contributed by atoms with van der Waals surface area (Å²) < 4.78 is 5.54. The van der Waals surface area contributed by atoms with E-state index in [0.717, 1.165) is 24.7 Å². The third-order valence-corrected chi connectivity index (χ3v) is 3.57. The molecule has 1 aliphatic carbocycles. The zero-order valence-corrected chi connectivity index (χ0v) is 7.92. The van der Waals surface area contributed by atoms with E-state index in [1.54, 1.807) is 0 Å². The molecule has 2 heteroatoms. The molecule has 1 saturated carbocycles. The standard InChI is InChI=1S/C10H18O2/c1-7(2)8-3-4-10(6-11)9(5-8)12-10/h7-9,11H,3-6H2,1-2H3/t8-,9?,10-/m0/s1. The van der Waals surface area contributed by atoms with Gasteiger partial charge in [-0.15, -0.1) is 0 Å². The number of hydrogen-bond donors (Lipinski definition) is 1. The lowest BCUT2D eigenvalue weighted by molar-refractivity contribution is 0.154. The average Bonchev–Trinajstić information content (AvgIpc) is 2.77. The molecule has 0 bridgehead atoms. The zero-order valence-electron chi connectivity index (χ0n) is 7.92. The van der Waals surface area contributed by atoms with E-state index in [2.05, 4.69) is 13.8 Å². The molecule has 2 nitrogen and oxygen atoms in total. The maximum Gasteiger partial charge on any atom is 0.118 e. The normalized spacial score (nSPS) is 46.0. The molecular weight excluding hydrogens is 152 g/mol. The first-order valence-corrected chi connectivity index (χ1v) is 4.96. The van der Waals surface area contributed by atoms with Crippen LogP contribution in [0.25, 0.3) is 0 Å². The second-order valence-corrected chi connectivity index (χ2v) is 4.61. The maximum absolute atomic E-state index is 9.09. The molecule has 2 rings (SSSR count). The lowest BCUT2D eigenvalue weighted by Crippen LogP contribution is -2.29. The van der Waals surface area contributed by atoms with E-state index in [1.807, 2.05) is 0 Å². The van der Waals surface area contributed by atoms with E-state index in [4.69, 9.17) is 9.84 Å². The minimum Gasteiger partial charge on any atom is -0.393 e. The van der Waals surface area contributed by atoms with Crippen LogP contribution < -0.4 is 0 Å². The van der Waals surface area contributed by atoms with Crippen molar-refractivity contribution in [1.82, 2.24) is 0 Å². The third-order valence-electron chi connectivity index (χ3n) is 3.57. The van der Waals surface area contributed by atoms with E-state index >= 15 is 0 Å². The van der Waals surface area contributed by atoms with E-state index in [1.165, 1.54) is 6.42 Å². The van der Waals surface area contributed by atoms with Crippen molar-refractivity contribution >= 4 is 0 Å². The van der Waals surface area contributed by atoms with Crippen LogP contribution in [-0.4, -0.2) is 23.4 Å². The molecule has 70 valence electrons. The summed E-state index contributed by atoms with van der Waals surface area (Å²) in [6, 6.07) is 0. The number of ether oxygens (including phenoxy) is 1. The topological polar surface area (TPSA) is 32.8 Å². The van der Waals surface area contributed by atoms with E-state index in [0.29, 0.717) is 6.10 Å². The second-order valence-electron chi connectivity index (χ2n) is 4.61. The molecule has 0 amide bonds. The highest BCUT2D eigenvalue weighted by molar-refractivity contribution is 5.06. The number of aliphatic hydroxyl groups is 1. The highest BCUT2D eigenvalue weighted by atomic mass is 16.6. The fraction of sp³-hybridized carbons (Fsp3) is 1.00. The fourth-order valence-electron chi connectivity index (χ4n) is 2.38. The van der Waals surface area contributed by atoms with Gasteiger partial charge in [0, 0.05) is 0 Å². The van der Waals surface area contributed by atoms with Gasteiger partial charge in [-0.1, -0.05) is 13.8 Å². The highest BCUT2D eigenvalue weighted by Gasteiger charge is 2.58. The van der Waals surface area contributed by atoms with Crippen molar-refractivity contribution in [1.29, 1.82) is 0 Å². The van der Waals surface area contributed by atoms with Crippen LogP contribution in [0.3, 0.4) is 0 Å². The Labute approximate surface area is 73.9 Å². The predicted molar refractivity (Wildman–Crippen MR) is 46.9 cm³/mol. The Morgan fingerprint density at radius 1 is 1.58 bits per heavy atom. The van der Waals surface area contributed by atoms with Gasteiger partial charge in [0.15, 0.2) is 0 Å². The first-order chi connectivity index (χ1) is 5.68. The minimum absolute atomic E-state index is 0.0919. The summed E-state index contributed by atoms with van der Waals surface area (Å²) in [5, 5.41) is 9.09. The molecule has 12 heavy (non-hydrogen) atoms. The SMILES string of the molecule is CC(C)[C@H]1CC[C@@]2(CO)OC2C1. The van der Waals surface area contributed by atoms with Gasteiger partial charge in [-0.05, 0) is 31.1 Å². The largest absolute Gasteiger partial charge is 0.393 e. The summed E-state index contributed by atoms with van der Waals surface area (Å²) in [5.74, 6) is 1.59. The number of aliphatic hydroxyl groups excluding tert-OH is 1. The summed E-state index contributed by atoms with van der Waals surface area (Å²) in [6.45, 7) is 4.78. The molecule has 0 aromatic carbocycles. The molecule has 3 atom stereocenters. The molecule has 1 aliphatic heterocycles. The molecule has 1 heterocycles. The molecule has 1 N–H and O–H groups in total. The van der Waals surface area contributed by atoms with Gasteiger partial charge in [0.05, 0.1) is 12.7 Å². The van der Waals surface area contributed by atoms with Crippen LogP contribution in [0.4, 0.5) is 0 Å². The minimum atomic E-state index is -0.0919. The molecular formula is C10H18O2. The van der Waals surface area contributed by atoms with Gasteiger partial charge in [-0.25, -0.2) is 0 Å². The van der Waals surface area contributed by atoms with Gasteiger partial charge in [-0.3, -0.25) is 0 Å². The Balaban J connectivity index is 1.92. The number of hydrogen-bond acceptors (Lipinski definition) is 2. The third kappa shape index (κ3) is 1.17. The Morgan fingerprint density at radius 3 is 2.83 bits per heavy atom. The van der Waals surface area contributed by atoms with Gasteiger partial charge in [0.1, 0.15) is 5.60 Å². The maximum atomic E-state index is 9.09. The van der Waals surface area contributed by atoms with Crippen LogP contribution in [0.2, 0.25) is 0 Å².